The van der Waals surface area contributed by atoms with Gasteiger partial charge in [0.25, 0.3) is 5.91 Å². The van der Waals surface area contributed by atoms with Gasteiger partial charge in [-0.05, 0) is 19.1 Å². The van der Waals surface area contributed by atoms with Gasteiger partial charge in [-0.1, -0.05) is 0 Å². The van der Waals surface area contributed by atoms with Crippen LogP contribution in [0.5, 0.6) is 5.75 Å². The number of hydrogen-bond acceptors (Lipinski definition) is 3. The molecule has 0 saturated heterocycles. The molecule has 5 heteroatoms. The maximum Gasteiger partial charge on any atom is 0.257 e. The highest BCUT2D eigenvalue weighted by Gasteiger charge is 2.20. The van der Waals surface area contributed by atoms with E-state index in [0.29, 0.717) is 5.75 Å². The van der Waals surface area contributed by atoms with Crippen molar-refractivity contribution in [3.05, 3.63) is 29.6 Å². The molecule has 17 heavy (non-hydrogen) atoms. The van der Waals surface area contributed by atoms with E-state index in [0.717, 1.165) is 6.07 Å². The summed E-state index contributed by atoms with van der Waals surface area (Å²) in [6, 6.07) is 5.29. The Kier molecular flexibility index (Phi) is 4.05. The van der Waals surface area contributed by atoms with Gasteiger partial charge in [-0.3, -0.25) is 4.79 Å². The molecule has 0 bridgehead atoms. The Labute approximate surface area is 99.2 Å². The van der Waals surface area contributed by atoms with E-state index >= 15 is 0 Å². The highest BCUT2D eigenvalue weighted by atomic mass is 19.1. The van der Waals surface area contributed by atoms with Gasteiger partial charge >= 0.3 is 0 Å². The van der Waals surface area contributed by atoms with Gasteiger partial charge in [-0.2, -0.15) is 5.26 Å². The second-order valence-corrected chi connectivity index (χ2v) is 3.57. The monoisotopic (exact) mass is 236 g/mol. The minimum Gasteiger partial charge on any atom is -0.497 e. The molecule has 90 valence electrons. The van der Waals surface area contributed by atoms with Crippen LogP contribution >= 0.6 is 0 Å². The van der Waals surface area contributed by atoms with Crippen LogP contribution in [0.25, 0.3) is 0 Å². The van der Waals surface area contributed by atoms with E-state index < -0.39 is 17.8 Å². The molecule has 1 unspecified atom stereocenters. The van der Waals surface area contributed by atoms with Gasteiger partial charge in [0.15, 0.2) is 0 Å². The third-order valence-corrected chi connectivity index (χ3v) is 2.49. The molecule has 1 atom stereocenters. The zero-order chi connectivity index (χ0) is 13.0. The molecular weight excluding hydrogens is 223 g/mol. The van der Waals surface area contributed by atoms with E-state index in [1.54, 1.807) is 6.92 Å². The summed E-state index contributed by atoms with van der Waals surface area (Å²) >= 11 is 0. The van der Waals surface area contributed by atoms with Crippen LogP contribution < -0.4 is 4.74 Å². The fourth-order valence-corrected chi connectivity index (χ4v) is 1.25. The van der Waals surface area contributed by atoms with E-state index in [4.69, 9.17) is 10.00 Å². The van der Waals surface area contributed by atoms with Crippen molar-refractivity contribution in [1.29, 1.82) is 5.26 Å². The average molecular weight is 236 g/mol. The number of halogens is 1. The molecule has 1 amide bonds. The molecule has 0 heterocycles. The Balaban J connectivity index is 3.02. The second kappa shape index (κ2) is 5.30. The van der Waals surface area contributed by atoms with Gasteiger partial charge in [0.2, 0.25) is 0 Å². The number of hydrogen-bond donors (Lipinski definition) is 0. The first-order valence-corrected chi connectivity index (χ1v) is 5.01. The van der Waals surface area contributed by atoms with E-state index in [9.17, 15) is 9.18 Å². The van der Waals surface area contributed by atoms with Crippen molar-refractivity contribution in [3.63, 3.8) is 0 Å². The molecule has 1 aromatic rings. The molecule has 0 saturated carbocycles. The highest BCUT2D eigenvalue weighted by Crippen LogP contribution is 2.18. The van der Waals surface area contributed by atoms with Crippen LogP contribution in [0, 0.1) is 17.1 Å². The minimum absolute atomic E-state index is 0.0737. The molecule has 1 rings (SSSR count). The number of carbonyl (C=O) groups excluding carboxylic acids is 1. The number of nitrogens with zero attached hydrogens (tertiary/aromatic N) is 2. The summed E-state index contributed by atoms with van der Waals surface area (Å²) in [5, 5.41) is 8.69. The summed E-state index contributed by atoms with van der Waals surface area (Å²) < 4.78 is 18.4. The zero-order valence-corrected chi connectivity index (χ0v) is 9.90. The van der Waals surface area contributed by atoms with Crippen molar-refractivity contribution >= 4 is 5.91 Å². The molecule has 0 fully saturated rings. The molecule has 0 aliphatic heterocycles. The van der Waals surface area contributed by atoms with Crippen molar-refractivity contribution in [2.45, 2.75) is 13.0 Å². The first-order chi connectivity index (χ1) is 8.01. The lowest BCUT2D eigenvalue weighted by molar-refractivity contribution is 0.0768. The topological polar surface area (TPSA) is 53.3 Å². The van der Waals surface area contributed by atoms with Crippen LogP contribution in [0.2, 0.25) is 0 Å². The SMILES string of the molecule is COc1ccc(C(=O)N(C)C(C)C#N)c(F)c1. The number of methoxy groups -OCH3 is 1. The van der Waals surface area contributed by atoms with Crippen LogP contribution in [0.1, 0.15) is 17.3 Å². The highest BCUT2D eigenvalue weighted by molar-refractivity contribution is 5.94. The van der Waals surface area contributed by atoms with Crippen LogP contribution in [0.3, 0.4) is 0 Å². The lowest BCUT2D eigenvalue weighted by atomic mass is 10.1. The first kappa shape index (κ1) is 13.0. The molecular formula is C12H13FN2O2. The number of carbonyl (C=O) groups is 1. The third-order valence-electron chi connectivity index (χ3n) is 2.49. The Hall–Kier alpha value is -2.09. The summed E-state index contributed by atoms with van der Waals surface area (Å²) in [4.78, 5) is 13.0. The fourth-order valence-electron chi connectivity index (χ4n) is 1.25. The zero-order valence-electron chi connectivity index (χ0n) is 9.90. The number of ether oxygens (including phenoxy) is 1. The van der Waals surface area contributed by atoms with Gasteiger partial charge in [0.1, 0.15) is 17.6 Å². The Morgan fingerprint density at radius 2 is 2.24 bits per heavy atom. The summed E-state index contributed by atoms with van der Waals surface area (Å²) in [6.07, 6.45) is 0. The van der Waals surface area contributed by atoms with Crippen molar-refractivity contribution in [2.75, 3.05) is 14.2 Å². The van der Waals surface area contributed by atoms with Crippen LogP contribution in [0.15, 0.2) is 18.2 Å². The molecule has 4 nitrogen and oxygen atoms in total. The minimum atomic E-state index is -0.661. The van der Waals surface area contributed by atoms with Gasteiger partial charge in [0.05, 0.1) is 18.7 Å². The number of benzene rings is 1. The van der Waals surface area contributed by atoms with Gasteiger partial charge in [-0.25, -0.2) is 4.39 Å². The van der Waals surface area contributed by atoms with Gasteiger partial charge in [-0.15, -0.1) is 0 Å². The number of nitriles is 1. The Morgan fingerprint density at radius 1 is 1.59 bits per heavy atom. The van der Waals surface area contributed by atoms with E-state index in [1.807, 2.05) is 6.07 Å². The first-order valence-electron chi connectivity index (χ1n) is 5.01. The largest absolute Gasteiger partial charge is 0.497 e. The van der Waals surface area contributed by atoms with Crippen molar-refractivity contribution in [2.24, 2.45) is 0 Å². The maximum atomic E-state index is 13.6. The summed E-state index contributed by atoms with van der Waals surface area (Å²) in [5.41, 5.74) is -0.0737. The predicted molar refractivity (Wildman–Crippen MR) is 60.1 cm³/mol. The molecule has 0 aliphatic rings. The van der Waals surface area contributed by atoms with E-state index in [2.05, 4.69) is 0 Å². The van der Waals surface area contributed by atoms with Crippen molar-refractivity contribution in [1.82, 2.24) is 4.90 Å². The summed E-state index contributed by atoms with van der Waals surface area (Å²) in [6.45, 7) is 1.57. The lowest BCUT2D eigenvalue weighted by Gasteiger charge is -2.19. The molecule has 0 N–H and O–H groups in total. The van der Waals surface area contributed by atoms with E-state index in [1.165, 1.54) is 31.2 Å². The van der Waals surface area contributed by atoms with Gasteiger partial charge < -0.3 is 9.64 Å². The van der Waals surface area contributed by atoms with Gasteiger partial charge in [0, 0.05) is 13.1 Å². The summed E-state index contributed by atoms with van der Waals surface area (Å²) in [5.74, 6) is -0.847. The molecule has 0 spiro atoms. The predicted octanol–water partition coefficient (Wildman–Crippen LogP) is 1.82. The van der Waals surface area contributed by atoms with Crippen LogP contribution in [-0.4, -0.2) is 31.0 Å². The Morgan fingerprint density at radius 3 is 2.71 bits per heavy atom. The maximum absolute atomic E-state index is 13.6. The van der Waals surface area contributed by atoms with Crippen LogP contribution in [0.4, 0.5) is 4.39 Å². The van der Waals surface area contributed by atoms with Crippen molar-refractivity contribution < 1.29 is 13.9 Å². The summed E-state index contributed by atoms with van der Waals surface area (Å²) in [7, 11) is 2.88. The quantitative estimate of drug-likeness (QED) is 0.804. The normalized spacial score (nSPS) is 11.5. The molecule has 0 aliphatic carbocycles. The average Bonchev–Trinajstić information content (AvgIpc) is 2.35. The Bertz CT molecular complexity index is 468. The third kappa shape index (κ3) is 2.72. The van der Waals surface area contributed by atoms with E-state index in [-0.39, 0.29) is 5.56 Å². The standard InChI is InChI=1S/C12H13FN2O2/c1-8(7-14)15(2)12(16)10-5-4-9(17-3)6-11(10)13/h4-6,8H,1-3H3. The van der Waals surface area contributed by atoms with Crippen LogP contribution in [-0.2, 0) is 0 Å². The van der Waals surface area contributed by atoms with Crippen molar-refractivity contribution in [3.8, 4) is 11.8 Å². The number of amides is 1. The molecule has 1 aromatic carbocycles. The fraction of sp³-hybridized carbons (Fsp3) is 0.333. The lowest BCUT2D eigenvalue weighted by Crippen LogP contribution is -2.34. The molecule has 0 radical (unpaired) electrons. The number of rotatable bonds is 3. The smallest absolute Gasteiger partial charge is 0.257 e. The second-order valence-electron chi connectivity index (χ2n) is 3.57. The molecule has 0 aromatic heterocycles.